The van der Waals surface area contributed by atoms with Crippen LogP contribution >= 0.6 is 15.9 Å². The Labute approximate surface area is 128 Å². The number of aliphatic hydroxyl groups is 1. The van der Waals surface area contributed by atoms with Gasteiger partial charge < -0.3 is 10.0 Å². The molecule has 0 aliphatic carbocycles. The van der Waals surface area contributed by atoms with Crippen molar-refractivity contribution >= 4 is 21.8 Å². The van der Waals surface area contributed by atoms with Crippen LogP contribution in [0.2, 0.25) is 0 Å². The number of halogens is 4. The number of carbonyl (C=O) groups excluding carboxylic acids is 1. The number of carbonyl (C=O) groups is 1. The van der Waals surface area contributed by atoms with E-state index < -0.39 is 23.2 Å². The summed E-state index contributed by atoms with van der Waals surface area (Å²) >= 11 is 2.84. The van der Waals surface area contributed by atoms with Crippen LogP contribution in [0.25, 0.3) is 0 Å². The van der Waals surface area contributed by atoms with Gasteiger partial charge in [0.05, 0.1) is 11.2 Å². The Morgan fingerprint density at radius 2 is 2.10 bits per heavy atom. The summed E-state index contributed by atoms with van der Waals surface area (Å²) in [6.07, 6.45) is -3.32. The molecule has 1 aliphatic heterocycles. The number of amides is 1. The van der Waals surface area contributed by atoms with Crippen molar-refractivity contribution < 1.29 is 23.1 Å². The maximum Gasteiger partial charge on any atom is 0.417 e. The Kier molecular flexibility index (Phi) is 4.35. The molecule has 0 aromatic heterocycles. The standard InChI is InChI=1S/C14H15BrF3NO2/c1-13(21)5-2-6-19(8-13)12(20)9-3-4-11(15)10(7-9)14(16,17)18/h3-4,7,21H,2,5-6,8H2,1H3. The Morgan fingerprint density at radius 3 is 2.67 bits per heavy atom. The number of benzene rings is 1. The lowest BCUT2D eigenvalue weighted by molar-refractivity contribution is -0.138. The first-order valence-corrected chi connectivity index (χ1v) is 7.28. The SMILES string of the molecule is CC1(O)CCCN(C(=O)c2ccc(Br)c(C(F)(F)F)c2)C1. The lowest BCUT2D eigenvalue weighted by atomic mass is 9.94. The van der Waals surface area contributed by atoms with Crippen molar-refractivity contribution in [1.82, 2.24) is 4.90 Å². The third kappa shape index (κ3) is 3.77. The third-order valence-electron chi connectivity index (χ3n) is 3.48. The Hall–Kier alpha value is -1.08. The van der Waals surface area contributed by atoms with Gasteiger partial charge in [-0.3, -0.25) is 4.79 Å². The van der Waals surface area contributed by atoms with Crippen molar-refractivity contribution in [2.24, 2.45) is 0 Å². The van der Waals surface area contributed by atoms with Gasteiger partial charge in [0.25, 0.3) is 5.91 Å². The number of alkyl halides is 3. The number of rotatable bonds is 1. The molecule has 1 unspecified atom stereocenters. The molecule has 116 valence electrons. The van der Waals surface area contributed by atoms with Gasteiger partial charge in [0.1, 0.15) is 0 Å². The molecule has 1 N–H and O–H groups in total. The number of nitrogens with zero attached hydrogens (tertiary/aromatic N) is 1. The van der Waals surface area contributed by atoms with Crippen molar-refractivity contribution in [2.45, 2.75) is 31.5 Å². The maximum absolute atomic E-state index is 12.9. The minimum Gasteiger partial charge on any atom is -0.388 e. The Morgan fingerprint density at radius 1 is 1.43 bits per heavy atom. The van der Waals surface area contributed by atoms with E-state index in [1.54, 1.807) is 6.92 Å². The van der Waals surface area contributed by atoms with E-state index in [0.29, 0.717) is 19.4 Å². The van der Waals surface area contributed by atoms with Crippen molar-refractivity contribution in [3.05, 3.63) is 33.8 Å². The Bertz CT molecular complexity index is 558. The molecule has 1 aromatic rings. The number of likely N-dealkylation sites (tertiary alicyclic amines) is 1. The van der Waals surface area contributed by atoms with Crippen LogP contribution in [-0.4, -0.2) is 34.6 Å². The molecule has 0 spiro atoms. The van der Waals surface area contributed by atoms with Gasteiger partial charge in [0.15, 0.2) is 0 Å². The highest BCUT2D eigenvalue weighted by Crippen LogP contribution is 2.35. The van der Waals surface area contributed by atoms with Crippen LogP contribution in [0.4, 0.5) is 13.2 Å². The van der Waals surface area contributed by atoms with Crippen LogP contribution in [0.5, 0.6) is 0 Å². The molecule has 1 fully saturated rings. The van der Waals surface area contributed by atoms with Crippen LogP contribution in [-0.2, 0) is 6.18 Å². The van der Waals surface area contributed by atoms with Gasteiger partial charge >= 0.3 is 6.18 Å². The molecule has 1 heterocycles. The summed E-state index contributed by atoms with van der Waals surface area (Å²) in [5.41, 5.74) is -1.89. The van der Waals surface area contributed by atoms with Gasteiger partial charge in [0.2, 0.25) is 0 Å². The zero-order valence-corrected chi connectivity index (χ0v) is 13.0. The summed E-state index contributed by atoms with van der Waals surface area (Å²) in [7, 11) is 0. The molecule has 1 amide bonds. The minimum absolute atomic E-state index is 0.0248. The average molecular weight is 366 g/mol. The number of β-amino-alcohol motifs (C(OH)–C–C–N with tert-alkyl or cyclic N) is 1. The lowest BCUT2D eigenvalue weighted by Crippen LogP contribution is -2.48. The van der Waals surface area contributed by atoms with Crippen molar-refractivity contribution in [2.75, 3.05) is 13.1 Å². The van der Waals surface area contributed by atoms with E-state index >= 15 is 0 Å². The molecule has 1 atom stereocenters. The molecular weight excluding hydrogens is 351 g/mol. The van der Waals surface area contributed by atoms with E-state index in [4.69, 9.17) is 0 Å². The van der Waals surface area contributed by atoms with Crippen molar-refractivity contribution in [3.8, 4) is 0 Å². The molecule has 7 heteroatoms. The predicted molar refractivity (Wildman–Crippen MR) is 74.9 cm³/mol. The number of hydrogen-bond acceptors (Lipinski definition) is 2. The first-order chi connectivity index (χ1) is 9.60. The summed E-state index contributed by atoms with van der Waals surface area (Å²) < 4.78 is 38.5. The van der Waals surface area contributed by atoms with Crippen LogP contribution in [0.3, 0.4) is 0 Å². The van der Waals surface area contributed by atoms with Crippen molar-refractivity contribution in [3.63, 3.8) is 0 Å². The van der Waals surface area contributed by atoms with E-state index in [1.807, 2.05) is 0 Å². The van der Waals surface area contributed by atoms with Crippen molar-refractivity contribution in [1.29, 1.82) is 0 Å². The Balaban J connectivity index is 2.28. The van der Waals surface area contributed by atoms with E-state index in [2.05, 4.69) is 15.9 Å². The summed E-state index contributed by atoms with van der Waals surface area (Å²) in [4.78, 5) is 13.7. The third-order valence-corrected chi connectivity index (χ3v) is 4.17. The highest BCUT2D eigenvalue weighted by atomic mass is 79.9. The van der Waals surface area contributed by atoms with Crippen LogP contribution in [0, 0.1) is 0 Å². The molecule has 1 aliphatic rings. The number of piperidine rings is 1. The molecule has 0 radical (unpaired) electrons. The average Bonchev–Trinajstić information content (AvgIpc) is 2.36. The molecule has 2 rings (SSSR count). The fraction of sp³-hybridized carbons (Fsp3) is 0.500. The highest BCUT2D eigenvalue weighted by molar-refractivity contribution is 9.10. The monoisotopic (exact) mass is 365 g/mol. The molecule has 0 saturated carbocycles. The quantitative estimate of drug-likeness (QED) is 0.827. The molecule has 3 nitrogen and oxygen atoms in total. The van der Waals surface area contributed by atoms with Gasteiger partial charge in [-0.15, -0.1) is 0 Å². The smallest absolute Gasteiger partial charge is 0.388 e. The highest BCUT2D eigenvalue weighted by Gasteiger charge is 2.35. The zero-order valence-electron chi connectivity index (χ0n) is 11.4. The number of hydrogen-bond donors (Lipinski definition) is 1. The van der Waals surface area contributed by atoms with Crippen LogP contribution in [0.15, 0.2) is 22.7 Å². The summed E-state index contributed by atoms with van der Waals surface area (Å²) in [6, 6.07) is 3.42. The fourth-order valence-corrected chi connectivity index (χ4v) is 2.92. The van der Waals surface area contributed by atoms with Crippen LogP contribution in [0.1, 0.15) is 35.7 Å². The lowest BCUT2D eigenvalue weighted by Gasteiger charge is -2.36. The second kappa shape index (κ2) is 5.61. The molecule has 1 aromatic carbocycles. The van der Waals surface area contributed by atoms with Gasteiger partial charge in [0, 0.05) is 23.1 Å². The molecule has 21 heavy (non-hydrogen) atoms. The summed E-state index contributed by atoms with van der Waals surface area (Å²) in [6.45, 7) is 2.19. The molecular formula is C14H15BrF3NO2. The maximum atomic E-state index is 12.9. The van der Waals surface area contributed by atoms with E-state index in [9.17, 15) is 23.1 Å². The zero-order chi connectivity index (χ0) is 15.8. The molecule has 1 saturated heterocycles. The fourth-order valence-electron chi connectivity index (χ4n) is 2.45. The molecule has 0 bridgehead atoms. The second-order valence-corrected chi connectivity index (χ2v) is 6.37. The summed E-state index contributed by atoms with van der Waals surface area (Å²) in [5.74, 6) is -0.493. The second-order valence-electron chi connectivity index (χ2n) is 5.52. The first-order valence-electron chi connectivity index (χ1n) is 6.48. The summed E-state index contributed by atoms with van der Waals surface area (Å²) in [5, 5.41) is 9.99. The van der Waals surface area contributed by atoms with E-state index in [-0.39, 0.29) is 16.6 Å². The topological polar surface area (TPSA) is 40.5 Å². The van der Waals surface area contributed by atoms with Gasteiger partial charge in [-0.1, -0.05) is 15.9 Å². The van der Waals surface area contributed by atoms with E-state index in [1.165, 1.54) is 17.0 Å². The predicted octanol–water partition coefficient (Wildman–Crippen LogP) is 3.45. The van der Waals surface area contributed by atoms with Crippen LogP contribution < -0.4 is 0 Å². The first kappa shape index (κ1) is 16.3. The largest absolute Gasteiger partial charge is 0.417 e. The van der Waals surface area contributed by atoms with E-state index in [0.717, 1.165) is 6.07 Å². The van der Waals surface area contributed by atoms with Gasteiger partial charge in [-0.2, -0.15) is 13.2 Å². The normalized spacial score (nSPS) is 23.2. The van der Waals surface area contributed by atoms with Gasteiger partial charge in [-0.25, -0.2) is 0 Å². The minimum atomic E-state index is -4.53. The van der Waals surface area contributed by atoms with Gasteiger partial charge in [-0.05, 0) is 38.0 Å².